The van der Waals surface area contributed by atoms with Gasteiger partial charge in [0.1, 0.15) is 0 Å². The summed E-state index contributed by atoms with van der Waals surface area (Å²) in [5, 5.41) is 0.931. The summed E-state index contributed by atoms with van der Waals surface area (Å²) in [5.41, 5.74) is 4.71. The van der Waals surface area contributed by atoms with Crippen molar-refractivity contribution in [2.24, 2.45) is 5.73 Å². The van der Waals surface area contributed by atoms with Crippen molar-refractivity contribution in [2.45, 2.75) is 0 Å². The second-order valence-electron chi connectivity index (χ2n) is 1.02. The Morgan fingerprint density at radius 2 is 2.29 bits per heavy atom. The smallest absolute Gasteiger partial charge is 0.338 e. The number of primary amides is 1. The Balaban J connectivity index is 3.34. The van der Waals surface area contributed by atoms with Gasteiger partial charge in [-0.05, 0) is 0 Å². The van der Waals surface area contributed by atoms with Gasteiger partial charge in [-0.1, -0.05) is 0 Å². The molecule has 2 amide bonds. The van der Waals surface area contributed by atoms with Crippen LogP contribution < -0.4 is 5.73 Å². The van der Waals surface area contributed by atoms with Crippen LogP contribution in [0.15, 0.2) is 0 Å². The van der Waals surface area contributed by atoms with Crippen LogP contribution in [0.25, 0.3) is 0 Å². The van der Waals surface area contributed by atoms with E-state index in [0.29, 0.717) is 0 Å². The molecular weight excluding hydrogens is 96.0 g/mol. The van der Waals surface area contributed by atoms with Crippen molar-refractivity contribution in [3.63, 3.8) is 0 Å². The van der Waals surface area contributed by atoms with Crippen LogP contribution in [0.5, 0.6) is 0 Å². The van der Waals surface area contributed by atoms with E-state index in [1.165, 1.54) is 14.2 Å². The number of carbonyl (C=O) groups is 1. The van der Waals surface area contributed by atoms with E-state index < -0.39 is 6.03 Å². The summed E-state index contributed by atoms with van der Waals surface area (Å²) in [5.74, 6) is 0. The summed E-state index contributed by atoms with van der Waals surface area (Å²) in [6.07, 6.45) is 0. The highest BCUT2D eigenvalue weighted by Gasteiger charge is 1.96. The SMILES string of the molecule is CON(C)C(N)=O. The molecule has 7 heavy (non-hydrogen) atoms. The van der Waals surface area contributed by atoms with Gasteiger partial charge in [0.25, 0.3) is 0 Å². The van der Waals surface area contributed by atoms with Gasteiger partial charge in [-0.25, -0.2) is 9.86 Å². The third kappa shape index (κ3) is 1.99. The van der Waals surface area contributed by atoms with Crippen LogP contribution >= 0.6 is 0 Å². The highest BCUT2D eigenvalue weighted by atomic mass is 16.7. The van der Waals surface area contributed by atoms with Crippen LogP contribution in [0.2, 0.25) is 0 Å². The van der Waals surface area contributed by atoms with Crippen LogP contribution in [-0.2, 0) is 4.84 Å². The minimum absolute atomic E-state index is 0.595. The lowest BCUT2D eigenvalue weighted by molar-refractivity contribution is -0.0615. The summed E-state index contributed by atoms with van der Waals surface area (Å²) in [7, 11) is 2.80. The Morgan fingerprint density at radius 3 is 2.29 bits per heavy atom. The Kier molecular flexibility index (Phi) is 2.15. The first-order valence-electron chi connectivity index (χ1n) is 1.75. The second-order valence-corrected chi connectivity index (χ2v) is 1.02. The maximum absolute atomic E-state index is 9.95. The molecule has 0 aliphatic carbocycles. The van der Waals surface area contributed by atoms with Gasteiger partial charge in [-0.3, -0.25) is 4.84 Å². The fourth-order valence-electron chi connectivity index (χ4n) is 0.0900. The molecule has 0 rings (SSSR count). The van der Waals surface area contributed by atoms with Crippen LogP contribution in [0.1, 0.15) is 0 Å². The highest BCUT2D eigenvalue weighted by molar-refractivity contribution is 5.70. The number of rotatable bonds is 1. The van der Waals surface area contributed by atoms with Crippen LogP contribution in [-0.4, -0.2) is 25.3 Å². The number of urea groups is 1. The van der Waals surface area contributed by atoms with E-state index in [0.717, 1.165) is 5.06 Å². The van der Waals surface area contributed by atoms with Crippen molar-refractivity contribution in [1.29, 1.82) is 0 Å². The predicted octanol–water partition coefficient (Wildman–Crippen LogP) is -0.442. The monoisotopic (exact) mass is 104 g/mol. The predicted molar refractivity (Wildman–Crippen MR) is 24.4 cm³/mol. The summed E-state index contributed by atoms with van der Waals surface area (Å²) in [4.78, 5) is 14.3. The molecule has 2 N–H and O–H groups in total. The molecule has 0 bridgehead atoms. The normalized spacial score (nSPS) is 8.29. The number of nitrogens with two attached hydrogens (primary N) is 1. The zero-order valence-electron chi connectivity index (χ0n) is 4.34. The summed E-state index contributed by atoms with van der Waals surface area (Å²) in [6.45, 7) is 0. The molecule has 0 aliphatic heterocycles. The van der Waals surface area contributed by atoms with E-state index >= 15 is 0 Å². The first-order chi connectivity index (χ1) is 3.18. The van der Waals surface area contributed by atoms with Gasteiger partial charge in [-0.15, -0.1) is 0 Å². The van der Waals surface area contributed by atoms with Crippen molar-refractivity contribution in [3.8, 4) is 0 Å². The molecule has 0 unspecified atom stereocenters. The molecule has 0 aromatic carbocycles. The average molecular weight is 104 g/mol. The molecule has 0 aliphatic rings. The summed E-state index contributed by atoms with van der Waals surface area (Å²) >= 11 is 0. The van der Waals surface area contributed by atoms with Gasteiger partial charge in [-0.2, -0.15) is 0 Å². The van der Waals surface area contributed by atoms with E-state index in [-0.39, 0.29) is 0 Å². The molecule has 0 aromatic heterocycles. The highest BCUT2D eigenvalue weighted by Crippen LogP contribution is 1.75. The minimum atomic E-state index is -0.595. The van der Waals surface area contributed by atoms with Crippen molar-refractivity contribution in [1.82, 2.24) is 5.06 Å². The van der Waals surface area contributed by atoms with Gasteiger partial charge >= 0.3 is 6.03 Å². The van der Waals surface area contributed by atoms with Gasteiger partial charge in [0, 0.05) is 7.05 Å². The van der Waals surface area contributed by atoms with Gasteiger partial charge < -0.3 is 5.73 Å². The van der Waals surface area contributed by atoms with Crippen molar-refractivity contribution >= 4 is 6.03 Å². The Morgan fingerprint density at radius 1 is 1.86 bits per heavy atom. The lowest BCUT2D eigenvalue weighted by Gasteiger charge is -2.07. The molecule has 0 aromatic rings. The average Bonchev–Trinajstić information content (AvgIpc) is 1.65. The molecule has 0 saturated heterocycles. The number of hydrogen-bond acceptors (Lipinski definition) is 2. The number of nitrogens with zero attached hydrogens (tertiary/aromatic N) is 1. The number of carbonyl (C=O) groups excluding carboxylic acids is 1. The van der Waals surface area contributed by atoms with E-state index in [1.54, 1.807) is 0 Å². The van der Waals surface area contributed by atoms with E-state index in [4.69, 9.17) is 5.73 Å². The fraction of sp³-hybridized carbons (Fsp3) is 0.667. The lowest BCUT2D eigenvalue weighted by Crippen LogP contribution is -2.30. The zero-order valence-corrected chi connectivity index (χ0v) is 4.34. The molecule has 0 atom stereocenters. The number of hydrogen-bond donors (Lipinski definition) is 1. The molecular formula is C3H8N2O2. The summed E-state index contributed by atoms with van der Waals surface area (Å²) < 4.78 is 0. The standard InChI is InChI=1S/C3H8N2O2/c1-5(7-2)3(4)6/h1-2H3,(H2,4,6). The van der Waals surface area contributed by atoms with E-state index in [1.807, 2.05) is 0 Å². The molecule has 42 valence electrons. The first-order valence-corrected chi connectivity index (χ1v) is 1.75. The molecule has 0 fully saturated rings. The van der Waals surface area contributed by atoms with Crippen LogP contribution in [0.3, 0.4) is 0 Å². The molecule has 0 heterocycles. The van der Waals surface area contributed by atoms with E-state index in [2.05, 4.69) is 4.84 Å². The quantitative estimate of drug-likeness (QED) is 0.458. The number of amides is 2. The summed E-state index contributed by atoms with van der Waals surface area (Å²) in [6, 6.07) is -0.595. The van der Waals surface area contributed by atoms with Crippen molar-refractivity contribution < 1.29 is 9.63 Å². The fourth-order valence-corrected chi connectivity index (χ4v) is 0.0900. The molecule has 4 nitrogen and oxygen atoms in total. The van der Waals surface area contributed by atoms with Crippen molar-refractivity contribution in [3.05, 3.63) is 0 Å². The van der Waals surface area contributed by atoms with Gasteiger partial charge in [0.15, 0.2) is 0 Å². The van der Waals surface area contributed by atoms with Crippen LogP contribution in [0, 0.1) is 0 Å². The van der Waals surface area contributed by atoms with E-state index in [9.17, 15) is 4.79 Å². The van der Waals surface area contributed by atoms with Crippen molar-refractivity contribution in [2.75, 3.05) is 14.2 Å². The van der Waals surface area contributed by atoms with Gasteiger partial charge in [0.05, 0.1) is 7.11 Å². The Hall–Kier alpha value is -0.770. The van der Waals surface area contributed by atoms with Crippen LogP contribution in [0.4, 0.5) is 4.79 Å². The third-order valence-electron chi connectivity index (χ3n) is 0.584. The lowest BCUT2D eigenvalue weighted by atomic mass is 11.0. The third-order valence-corrected chi connectivity index (χ3v) is 0.584. The minimum Gasteiger partial charge on any atom is -0.350 e. The largest absolute Gasteiger partial charge is 0.350 e. The van der Waals surface area contributed by atoms with Gasteiger partial charge in [0.2, 0.25) is 0 Å². The number of hydroxylamine groups is 2. The maximum atomic E-state index is 9.95. The first kappa shape index (κ1) is 6.23. The topological polar surface area (TPSA) is 55.6 Å². The zero-order chi connectivity index (χ0) is 5.86. The Bertz CT molecular complexity index is 73.3. The second kappa shape index (κ2) is 2.41. The molecule has 0 saturated carbocycles. The Labute approximate surface area is 41.8 Å². The molecule has 0 radical (unpaired) electrons. The molecule has 0 spiro atoms. The maximum Gasteiger partial charge on any atom is 0.338 e. The molecule has 4 heteroatoms.